The highest BCUT2D eigenvalue weighted by atomic mass is 79.9. The lowest BCUT2D eigenvalue weighted by Gasteiger charge is -2.07. The zero-order valence-electron chi connectivity index (χ0n) is 13.4. The van der Waals surface area contributed by atoms with Gasteiger partial charge in [-0.25, -0.2) is 0 Å². The number of benzene rings is 1. The van der Waals surface area contributed by atoms with Crippen molar-refractivity contribution in [1.82, 2.24) is 15.8 Å². The van der Waals surface area contributed by atoms with Crippen molar-refractivity contribution in [3.05, 3.63) is 57.3 Å². The summed E-state index contributed by atoms with van der Waals surface area (Å²) in [5, 5.41) is 0. The summed E-state index contributed by atoms with van der Waals surface area (Å²) in [6, 6.07) is 7.05. The maximum atomic E-state index is 12.1. The third kappa shape index (κ3) is 4.79. The zero-order valence-corrected chi connectivity index (χ0v) is 15.0. The summed E-state index contributed by atoms with van der Waals surface area (Å²) in [5.74, 6) is -0.992. The summed E-state index contributed by atoms with van der Waals surface area (Å²) in [4.78, 5) is 38.3. The Morgan fingerprint density at radius 2 is 1.79 bits per heavy atom. The van der Waals surface area contributed by atoms with Gasteiger partial charge in [-0.15, -0.1) is 0 Å². The van der Waals surface area contributed by atoms with Gasteiger partial charge in [-0.3, -0.25) is 25.2 Å². The molecule has 7 heteroatoms. The molecule has 2 aromatic rings. The van der Waals surface area contributed by atoms with Gasteiger partial charge in [0.05, 0.1) is 0 Å². The van der Waals surface area contributed by atoms with E-state index < -0.39 is 11.8 Å². The molecule has 0 saturated carbocycles. The van der Waals surface area contributed by atoms with Crippen LogP contribution in [0.4, 0.5) is 0 Å². The summed E-state index contributed by atoms with van der Waals surface area (Å²) < 4.78 is 0.734. The van der Waals surface area contributed by atoms with Crippen molar-refractivity contribution in [3.8, 4) is 0 Å². The van der Waals surface area contributed by atoms with Crippen molar-refractivity contribution in [2.45, 2.75) is 26.7 Å². The van der Waals surface area contributed by atoms with Crippen molar-refractivity contribution in [3.63, 3.8) is 0 Å². The molecule has 1 heterocycles. The zero-order chi connectivity index (χ0) is 17.7. The van der Waals surface area contributed by atoms with Gasteiger partial charge in [-0.05, 0) is 53.0 Å². The minimum Gasteiger partial charge on any atom is -0.356 e. The van der Waals surface area contributed by atoms with Crippen LogP contribution >= 0.6 is 15.9 Å². The number of hydrazine groups is 1. The van der Waals surface area contributed by atoms with Crippen LogP contribution in [0, 0.1) is 13.8 Å². The van der Waals surface area contributed by atoms with Gasteiger partial charge in [-0.2, -0.15) is 0 Å². The third-order valence-electron chi connectivity index (χ3n) is 3.62. The number of aryl methyl sites for hydroxylation is 2. The molecule has 0 radical (unpaired) electrons. The van der Waals surface area contributed by atoms with E-state index in [1.54, 1.807) is 18.3 Å². The van der Waals surface area contributed by atoms with Crippen molar-refractivity contribution < 1.29 is 14.4 Å². The fraction of sp³-hybridized carbons (Fsp3) is 0.235. The highest BCUT2D eigenvalue weighted by Crippen LogP contribution is 2.12. The first-order chi connectivity index (χ1) is 11.4. The van der Waals surface area contributed by atoms with Crippen LogP contribution in [0.25, 0.3) is 0 Å². The van der Waals surface area contributed by atoms with E-state index in [9.17, 15) is 14.4 Å². The second kappa shape index (κ2) is 7.92. The number of amides is 2. The molecule has 3 N–H and O–H groups in total. The first-order valence-corrected chi connectivity index (χ1v) is 8.19. The molecule has 0 aliphatic heterocycles. The Balaban J connectivity index is 1.79. The van der Waals surface area contributed by atoms with Crippen LogP contribution in [0.1, 0.15) is 44.8 Å². The first-order valence-electron chi connectivity index (χ1n) is 7.40. The lowest BCUT2D eigenvalue weighted by atomic mass is 10.0. The van der Waals surface area contributed by atoms with E-state index in [0.717, 1.165) is 15.6 Å². The average Bonchev–Trinajstić information content (AvgIpc) is 2.99. The lowest BCUT2D eigenvalue weighted by molar-refractivity contribution is -0.121. The fourth-order valence-corrected chi connectivity index (χ4v) is 2.38. The van der Waals surface area contributed by atoms with Crippen molar-refractivity contribution in [2.24, 2.45) is 0 Å². The van der Waals surface area contributed by atoms with Gasteiger partial charge in [0.15, 0.2) is 5.78 Å². The second-order valence-electron chi connectivity index (χ2n) is 5.46. The van der Waals surface area contributed by atoms with Crippen LogP contribution in [0.2, 0.25) is 0 Å². The second-order valence-corrected chi connectivity index (χ2v) is 6.37. The number of aromatic nitrogens is 1. The van der Waals surface area contributed by atoms with Crippen LogP contribution in [-0.2, 0) is 4.79 Å². The molecular weight excluding hydrogens is 374 g/mol. The number of rotatable bonds is 5. The predicted molar refractivity (Wildman–Crippen MR) is 93.6 cm³/mol. The summed E-state index contributed by atoms with van der Waals surface area (Å²) in [6.07, 6.45) is 1.69. The maximum Gasteiger partial charge on any atom is 0.286 e. The van der Waals surface area contributed by atoms with Crippen molar-refractivity contribution in [2.75, 3.05) is 0 Å². The summed E-state index contributed by atoms with van der Waals surface area (Å²) in [7, 11) is 0. The molecule has 0 bridgehead atoms. The molecule has 2 rings (SSSR count). The Bertz CT molecular complexity index is 783. The van der Waals surface area contributed by atoms with Crippen LogP contribution in [0.5, 0.6) is 0 Å². The predicted octanol–water partition coefficient (Wildman–Crippen LogP) is 2.82. The Kier molecular flexibility index (Phi) is 5.92. The van der Waals surface area contributed by atoms with E-state index in [1.807, 2.05) is 26.0 Å². The van der Waals surface area contributed by atoms with Gasteiger partial charge >= 0.3 is 0 Å². The molecule has 126 valence electrons. The number of aromatic amines is 1. The number of hydrogen-bond donors (Lipinski definition) is 3. The van der Waals surface area contributed by atoms with Crippen molar-refractivity contribution in [1.29, 1.82) is 0 Å². The minimum atomic E-state index is -0.463. The summed E-state index contributed by atoms with van der Waals surface area (Å²) in [6.45, 7) is 3.91. The Hall–Kier alpha value is -2.41. The van der Waals surface area contributed by atoms with Gasteiger partial charge in [0, 0.05) is 29.1 Å². The fourth-order valence-electron chi connectivity index (χ4n) is 2.04. The van der Waals surface area contributed by atoms with Crippen LogP contribution < -0.4 is 10.9 Å². The van der Waals surface area contributed by atoms with E-state index in [-0.39, 0.29) is 18.6 Å². The molecule has 6 nitrogen and oxygen atoms in total. The van der Waals surface area contributed by atoms with Crippen LogP contribution in [0.3, 0.4) is 0 Å². The molecule has 0 fully saturated rings. The molecule has 0 aliphatic rings. The number of ketones is 1. The van der Waals surface area contributed by atoms with Gasteiger partial charge < -0.3 is 4.98 Å². The van der Waals surface area contributed by atoms with Crippen LogP contribution in [-0.4, -0.2) is 22.6 Å². The maximum absolute atomic E-state index is 12.1. The SMILES string of the molecule is Cc1ccc(C(=O)CCC(=O)NNC(=O)c2cc(Br)c[nH]2)cc1C. The quantitative estimate of drug-likeness (QED) is 0.540. The molecule has 0 unspecified atom stereocenters. The Morgan fingerprint density at radius 1 is 1.04 bits per heavy atom. The van der Waals surface area contributed by atoms with Crippen LogP contribution in [0.15, 0.2) is 34.9 Å². The van der Waals surface area contributed by atoms with E-state index >= 15 is 0 Å². The normalized spacial score (nSPS) is 10.3. The number of carbonyl (C=O) groups is 3. The minimum absolute atomic E-state index is 0.000454. The molecule has 1 aromatic carbocycles. The number of carbonyl (C=O) groups excluding carboxylic acids is 3. The number of hydrogen-bond acceptors (Lipinski definition) is 3. The van der Waals surface area contributed by atoms with E-state index in [4.69, 9.17) is 0 Å². The Morgan fingerprint density at radius 3 is 2.42 bits per heavy atom. The van der Waals surface area contributed by atoms with E-state index in [0.29, 0.717) is 11.3 Å². The molecule has 0 atom stereocenters. The van der Waals surface area contributed by atoms with E-state index in [2.05, 4.69) is 31.8 Å². The third-order valence-corrected chi connectivity index (χ3v) is 4.07. The number of halogens is 1. The molecule has 24 heavy (non-hydrogen) atoms. The molecule has 0 saturated heterocycles. The van der Waals surface area contributed by atoms with Crippen molar-refractivity contribution >= 4 is 33.5 Å². The molecule has 0 spiro atoms. The molecular formula is C17H18BrN3O3. The van der Waals surface area contributed by atoms with Gasteiger partial charge in [-0.1, -0.05) is 12.1 Å². The number of Topliss-reactive ketones (excluding diaryl/α,β-unsaturated/α-hetero) is 1. The summed E-state index contributed by atoms with van der Waals surface area (Å²) >= 11 is 3.22. The molecule has 1 aromatic heterocycles. The smallest absolute Gasteiger partial charge is 0.286 e. The van der Waals surface area contributed by atoms with Gasteiger partial charge in [0.25, 0.3) is 5.91 Å². The topological polar surface area (TPSA) is 91.1 Å². The van der Waals surface area contributed by atoms with Gasteiger partial charge in [0.2, 0.25) is 5.91 Å². The van der Waals surface area contributed by atoms with Gasteiger partial charge in [0.1, 0.15) is 5.69 Å². The summed E-state index contributed by atoms with van der Waals surface area (Å²) in [5.41, 5.74) is 7.63. The molecule has 0 aliphatic carbocycles. The lowest BCUT2D eigenvalue weighted by Crippen LogP contribution is -2.41. The largest absolute Gasteiger partial charge is 0.356 e. The highest BCUT2D eigenvalue weighted by Gasteiger charge is 2.12. The number of nitrogens with one attached hydrogen (secondary N) is 3. The highest BCUT2D eigenvalue weighted by molar-refractivity contribution is 9.10. The van der Waals surface area contributed by atoms with E-state index in [1.165, 1.54) is 0 Å². The Labute approximate surface area is 148 Å². The monoisotopic (exact) mass is 391 g/mol. The molecule has 2 amide bonds. The standard InChI is InChI=1S/C17H18BrN3O3/c1-10-3-4-12(7-11(10)2)15(22)5-6-16(23)20-21-17(24)14-8-13(18)9-19-14/h3-4,7-9,19H,5-6H2,1-2H3,(H,20,23)(H,21,24). The first kappa shape index (κ1) is 17.9. The number of H-pyrrole nitrogens is 1. The average molecular weight is 392 g/mol.